The number of hydrogen-bond acceptors (Lipinski definition) is 2. The van der Waals surface area contributed by atoms with Gasteiger partial charge in [0.1, 0.15) is 11.1 Å². The Morgan fingerprint density at radius 3 is 2.70 bits per heavy atom. The molecule has 1 aromatic rings. The largest absolute Gasteiger partial charge is 0.302 e. The van der Waals surface area contributed by atoms with E-state index in [0.717, 1.165) is 14.9 Å². The summed E-state index contributed by atoms with van der Waals surface area (Å²) in [4.78, 5) is 11.1. The Bertz CT molecular complexity index is 233. The van der Waals surface area contributed by atoms with Crippen LogP contribution in [0.5, 0.6) is 0 Å². The van der Waals surface area contributed by atoms with Crippen molar-refractivity contribution in [3.8, 4) is 0 Å². The minimum Gasteiger partial charge on any atom is -0.302 e. The summed E-state index contributed by atoms with van der Waals surface area (Å²) in [6, 6.07) is 3.85. The normalized spacial score (nSPS) is 13.0. The van der Waals surface area contributed by atoms with E-state index >= 15 is 0 Å². The molecular weight excluding hydrogens is 280 g/mol. The molecule has 0 saturated heterocycles. The van der Waals surface area contributed by atoms with Gasteiger partial charge in [0.15, 0.2) is 0 Å². The molecule has 0 aliphatic heterocycles. The molecule has 1 nitrogen and oxygen atoms in total. The molecule has 0 spiro atoms. The van der Waals surface area contributed by atoms with Gasteiger partial charge in [0.25, 0.3) is 0 Å². The van der Waals surface area contributed by atoms with Gasteiger partial charge in [-0.1, -0.05) is 15.9 Å². The minimum atomic E-state index is -0.149. The van der Waals surface area contributed by atoms with Crippen LogP contribution >= 0.6 is 43.2 Å². The third kappa shape index (κ3) is 1.90. The van der Waals surface area contributed by atoms with Crippen molar-refractivity contribution in [2.45, 2.75) is 4.83 Å². The molecule has 0 bridgehead atoms. The first-order valence-corrected chi connectivity index (χ1v) is 5.11. The molecule has 1 atom stereocenters. The van der Waals surface area contributed by atoms with Crippen LogP contribution in [0.1, 0.15) is 9.70 Å². The predicted octanol–water partition coefficient (Wildman–Crippen LogP) is 3.15. The number of thiophene rings is 1. The second-order valence-corrected chi connectivity index (χ2v) is 5.16. The Morgan fingerprint density at radius 1 is 1.60 bits per heavy atom. The highest BCUT2D eigenvalue weighted by atomic mass is 79.9. The molecule has 0 radical (unpaired) electrons. The average molecular weight is 284 g/mol. The molecule has 0 fully saturated rings. The van der Waals surface area contributed by atoms with Gasteiger partial charge in [0, 0.05) is 4.88 Å². The van der Waals surface area contributed by atoms with Gasteiger partial charge in [0.2, 0.25) is 0 Å². The lowest BCUT2D eigenvalue weighted by atomic mass is 10.4. The molecular formula is C6H4Br2OS. The van der Waals surface area contributed by atoms with E-state index in [2.05, 4.69) is 31.9 Å². The maximum atomic E-state index is 10.3. The van der Waals surface area contributed by atoms with Crippen molar-refractivity contribution in [2.75, 3.05) is 0 Å². The van der Waals surface area contributed by atoms with Crippen LogP contribution in [-0.4, -0.2) is 6.29 Å². The molecule has 1 heterocycles. The summed E-state index contributed by atoms with van der Waals surface area (Å²) < 4.78 is 1.05. The number of alkyl halides is 1. The molecule has 0 aliphatic carbocycles. The van der Waals surface area contributed by atoms with Crippen molar-refractivity contribution in [1.29, 1.82) is 0 Å². The highest BCUT2D eigenvalue weighted by molar-refractivity contribution is 9.11. The molecule has 0 N–H and O–H groups in total. The van der Waals surface area contributed by atoms with E-state index in [0.29, 0.717) is 0 Å². The summed E-state index contributed by atoms with van der Waals surface area (Å²) in [6.45, 7) is 0. The summed E-state index contributed by atoms with van der Waals surface area (Å²) in [5, 5.41) is 0. The predicted molar refractivity (Wildman–Crippen MR) is 49.8 cm³/mol. The fourth-order valence-electron chi connectivity index (χ4n) is 0.544. The second-order valence-electron chi connectivity index (χ2n) is 1.68. The van der Waals surface area contributed by atoms with E-state index in [1.54, 1.807) is 11.3 Å². The number of halogens is 2. The zero-order valence-electron chi connectivity index (χ0n) is 4.88. The van der Waals surface area contributed by atoms with E-state index in [-0.39, 0.29) is 4.83 Å². The Balaban J connectivity index is 2.84. The van der Waals surface area contributed by atoms with Crippen LogP contribution in [-0.2, 0) is 4.79 Å². The van der Waals surface area contributed by atoms with Crippen LogP contribution in [0.15, 0.2) is 15.9 Å². The third-order valence-electron chi connectivity index (χ3n) is 0.985. The van der Waals surface area contributed by atoms with Crippen LogP contribution in [0, 0.1) is 0 Å². The van der Waals surface area contributed by atoms with Gasteiger partial charge in [-0.15, -0.1) is 11.3 Å². The quantitative estimate of drug-likeness (QED) is 0.602. The summed E-state index contributed by atoms with van der Waals surface area (Å²) in [5.41, 5.74) is 0. The molecule has 1 rings (SSSR count). The van der Waals surface area contributed by atoms with E-state index in [1.807, 2.05) is 12.1 Å². The Labute approximate surface area is 79.7 Å². The Kier molecular flexibility index (Phi) is 3.07. The molecule has 0 aliphatic rings. The highest BCUT2D eigenvalue weighted by Gasteiger charge is 2.06. The lowest BCUT2D eigenvalue weighted by Gasteiger charge is -1.92. The van der Waals surface area contributed by atoms with Crippen LogP contribution in [0.4, 0.5) is 0 Å². The Morgan fingerprint density at radius 2 is 2.30 bits per heavy atom. The molecule has 54 valence electrons. The van der Waals surface area contributed by atoms with Gasteiger partial charge >= 0.3 is 0 Å². The monoisotopic (exact) mass is 282 g/mol. The highest BCUT2D eigenvalue weighted by Crippen LogP contribution is 2.30. The molecule has 10 heavy (non-hydrogen) atoms. The van der Waals surface area contributed by atoms with Crippen LogP contribution in [0.3, 0.4) is 0 Å². The maximum Gasteiger partial charge on any atom is 0.138 e. The summed E-state index contributed by atoms with van der Waals surface area (Å²) in [6.07, 6.45) is 0.873. The van der Waals surface area contributed by atoms with Gasteiger partial charge in [-0.3, -0.25) is 0 Å². The van der Waals surface area contributed by atoms with E-state index < -0.39 is 0 Å². The molecule has 1 unspecified atom stereocenters. The van der Waals surface area contributed by atoms with Crippen molar-refractivity contribution in [3.63, 3.8) is 0 Å². The molecule has 4 heteroatoms. The van der Waals surface area contributed by atoms with E-state index in [1.165, 1.54) is 0 Å². The third-order valence-corrected chi connectivity index (χ3v) is 3.70. The summed E-state index contributed by atoms with van der Waals surface area (Å²) >= 11 is 8.09. The van der Waals surface area contributed by atoms with Crippen LogP contribution in [0.25, 0.3) is 0 Å². The zero-order chi connectivity index (χ0) is 7.56. The maximum absolute atomic E-state index is 10.3. The number of carbonyl (C=O) groups excluding carboxylic acids is 1. The van der Waals surface area contributed by atoms with Crippen molar-refractivity contribution in [1.82, 2.24) is 0 Å². The van der Waals surface area contributed by atoms with Crippen LogP contribution < -0.4 is 0 Å². The molecule has 0 saturated carbocycles. The van der Waals surface area contributed by atoms with Gasteiger partial charge in [0.05, 0.1) is 3.79 Å². The number of rotatable bonds is 2. The summed E-state index contributed by atoms with van der Waals surface area (Å²) in [5.74, 6) is 0. The van der Waals surface area contributed by atoms with Crippen molar-refractivity contribution >= 4 is 49.5 Å². The molecule has 0 aromatic carbocycles. The van der Waals surface area contributed by atoms with Crippen LogP contribution in [0.2, 0.25) is 0 Å². The van der Waals surface area contributed by atoms with Gasteiger partial charge in [-0.05, 0) is 28.1 Å². The minimum absolute atomic E-state index is 0.149. The Hall–Kier alpha value is 0.330. The van der Waals surface area contributed by atoms with E-state index in [9.17, 15) is 4.79 Å². The zero-order valence-corrected chi connectivity index (χ0v) is 8.87. The number of carbonyl (C=O) groups is 1. The molecule has 1 aromatic heterocycles. The standard InChI is InChI=1S/C6H4Br2OS/c7-4(3-9)5-1-2-6(8)10-5/h1-4H. The van der Waals surface area contributed by atoms with E-state index in [4.69, 9.17) is 0 Å². The lowest BCUT2D eigenvalue weighted by molar-refractivity contribution is -0.107. The second kappa shape index (κ2) is 3.64. The van der Waals surface area contributed by atoms with Crippen molar-refractivity contribution in [3.05, 3.63) is 20.8 Å². The van der Waals surface area contributed by atoms with Gasteiger partial charge in [-0.25, -0.2) is 0 Å². The van der Waals surface area contributed by atoms with Crippen molar-refractivity contribution in [2.24, 2.45) is 0 Å². The number of hydrogen-bond donors (Lipinski definition) is 0. The smallest absolute Gasteiger partial charge is 0.138 e. The SMILES string of the molecule is O=CC(Br)c1ccc(Br)s1. The lowest BCUT2D eigenvalue weighted by Crippen LogP contribution is -1.83. The summed E-state index contributed by atoms with van der Waals surface area (Å²) in [7, 11) is 0. The van der Waals surface area contributed by atoms with Gasteiger partial charge < -0.3 is 4.79 Å². The topological polar surface area (TPSA) is 17.1 Å². The first-order chi connectivity index (χ1) is 4.74. The van der Waals surface area contributed by atoms with Gasteiger partial charge in [-0.2, -0.15) is 0 Å². The fourth-order valence-corrected chi connectivity index (χ4v) is 2.33. The molecule has 0 amide bonds. The average Bonchev–Trinajstić information content (AvgIpc) is 2.34. The first kappa shape index (κ1) is 8.43. The van der Waals surface area contributed by atoms with Crippen molar-refractivity contribution < 1.29 is 4.79 Å². The number of aldehydes is 1. The first-order valence-electron chi connectivity index (χ1n) is 2.58. The fraction of sp³-hybridized carbons (Fsp3) is 0.167.